The molecule has 0 spiro atoms. The second-order valence-electron chi connectivity index (χ2n) is 8.28. The predicted molar refractivity (Wildman–Crippen MR) is 127 cm³/mol. The Morgan fingerprint density at radius 1 is 1.00 bits per heavy atom. The maximum atomic E-state index is 13.5. The van der Waals surface area contributed by atoms with Crippen LogP contribution in [0.1, 0.15) is 0 Å². The van der Waals surface area contributed by atoms with Crippen LogP contribution in [0.5, 0.6) is 0 Å². The largest absolute Gasteiger partial charge is 0.367 e. The maximum absolute atomic E-state index is 13.5. The molecule has 0 unspecified atom stereocenters. The van der Waals surface area contributed by atoms with Gasteiger partial charge in [0.2, 0.25) is 15.9 Å². The summed E-state index contributed by atoms with van der Waals surface area (Å²) in [4.78, 5) is 21.4. The molecule has 2 aliphatic rings. The fourth-order valence-electron chi connectivity index (χ4n) is 4.35. The normalized spacial score (nSPS) is 17.9. The number of hydrogen-bond donors (Lipinski definition) is 0. The van der Waals surface area contributed by atoms with Crippen molar-refractivity contribution in [2.45, 2.75) is 4.90 Å². The molecule has 172 valence electrons. The Morgan fingerprint density at radius 2 is 1.70 bits per heavy atom. The van der Waals surface area contributed by atoms with Crippen LogP contribution in [-0.4, -0.2) is 67.8 Å². The molecule has 2 saturated heterocycles. The molecule has 0 N–H and O–H groups in total. The van der Waals surface area contributed by atoms with Crippen LogP contribution in [0.2, 0.25) is 0 Å². The van der Waals surface area contributed by atoms with Crippen molar-refractivity contribution in [3.05, 3.63) is 65.0 Å². The van der Waals surface area contributed by atoms with E-state index in [1.54, 1.807) is 36.5 Å². The highest BCUT2D eigenvalue weighted by Gasteiger charge is 2.42. The lowest BCUT2D eigenvalue weighted by atomic mass is 10.0. The van der Waals surface area contributed by atoms with E-state index in [-0.39, 0.29) is 35.6 Å². The molecule has 0 saturated carbocycles. The highest BCUT2D eigenvalue weighted by Crippen LogP contribution is 2.29. The van der Waals surface area contributed by atoms with Gasteiger partial charge >= 0.3 is 0 Å². The van der Waals surface area contributed by atoms with Crippen LogP contribution in [0.25, 0.3) is 10.9 Å². The number of aromatic nitrogens is 1. The quantitative estimate of drug-likeness (QED) is 0.516. The molecule has 0 radical (unpaired) electrons. The number of carbonyl (C=O) groups is 1. The van der Waals surface area contributed by atoms with Crippen molar-refractivity contribution in [3.8, 4) is 0 Å². The standard InChI is InChI=1S/C23H22BrFN4O3S/c24-17-1-4-19(5-2-17)33(31,32)29-14-16(15-29)23(30)28-11-9-27(10-12-28)22-7-8-26-21-13-18(25)3-6-20(21)22/h1-8,13,16H,9-12,14-15H2. The van der Waals surface area contributed by atoms with E-state index in [2.05, 4.69) is 25.8 Å². The fraction of sp³-hybridized carbons (Fsp3) is 0.304. The van der Waals surface area contributed by atoms with E-state index in [9.17, 15) is 17.6 Å². The molecule has 3 heterocycles. The van der Waals surface area contributed by atoms with Crippen LogP contribution in [0.3, 0.4) is 0 Å². The third-order valence-electron chi connectivity index (χ3n) is 6.26. The third-order valence-corrected chi connectivity index (χ3v) is 8.64. The summed E-state index contributed by atoms with van der Waals surface area (Å²) in [6.45, 7) is 2.82. The lowest BCUT2D eigenvalue weighted by Gasteiger charge is -2.42. The van der Waals surface area contributed by atoms with Gasteiger partial charge in [-0.15, -0.1) is 0 Å². The van der Waals surface area contributed by atoms with Crippen molar-refractivity contribution >= 4 is 48.5 Å². The van der Waals surface area contributed by atoms with E-state index in [0.29, 0.717) is 31.7 Å². The number of rotatable bonds is 4. The minimum Gasteiger partial charge on any atom is -0.367 e. The van der Waals surface area contributed by atoms with Gasteiger partial charge in [0.25, 0.3) is 0 Å². The number of piperazine rings is 1. The van der Waals surface area contributed by atoms with E-state index in [1.807, 2.05) is 11.0 Å². The number of halogens is 2. The van der Waals surface area contributed by atoms with Gasteiger partial charge in [-0.3, -0.25) is 9.78 Å². The van der Waals surface area contributed by atoms with Crippen LogP contribution >= 0.6 is 15.9 Å². The smallest absolute Gasteiger partial charge is 0.243 e. The van der Waals surface area contributed by atoms with Gasteiger partial charge in [0, 0.05) is 67.1 Å². The van der Waals surface area contributed by atoms with Crippen LogP contribution in [0.4, 0.5) is 10.1 Å². The zero-order valence-electron chi connectivity index (χ0n) is 17.7. The number of carbonyl (C=O) groups excluding carboxylic acids is 1. The first-order chi connectivity index (χ1) is 15.8. The number of benzene rings is 2. The zero-order chi connectivity index (χ0) is 23.2. The van der Waals surface area contributed by atoms with E-state index < -0.39 is 10.0 Å². The Bertz CT molecular complexity index is 1310. The molecule has 33 heavy (non-hydrogen) atoms. The monoisotopic (exact) mass is 532 g/mol. The summed E-state index contributed by atoms with van der Waals surface area (Å²) in [5.41, 5.74) is 1.58. The molecule has 0 bridgehead atoms. The number of anilines is 1. The molecule has 0 atom stereocenters. The van der Waals surface area contributed by atoms with E-state index in [0.717, 1.165) is 15.5 Å². The second kappa shape index (κ2) is 8.66. The third kappa shape index (κ3) is 4.22. The molecule has 2 aromatic carbocycles. The summed E-state index contributed by atoms with van der Waals surface area (Å²) in [6, 6.07) is 13.0. The summed E-state index contributed by atoms with van der Waals surface area (Å²) in [5, 5.41) is 0.881. The zero-order valence-corrected chi connectivity index (χ0v) is 20.1. The lowest BCUT2D eigenvalue weighted by Crippen LogP contribution is -2.59. The van der Waals surface area contributed by atoms with Gasteiger partial charge in [0.15, 0.2) is 0 Å². The SMILES string of the molecule is O=C(C1CN(S(=O)(=O)c2ccc(Br)cc2)C1)N1CCN(c2ccnc3cc(F)ccc23)CC1. The Labute approximate surface area is 200 Å². The van der Waals surface area contributed by atoms with Crippen LogP contribution < -0.4 is 4.90 Å². The second-order valence-corrected chi connectivity index (χ2v) is 11.1. The predicted octanol–water partition coefficient (Wildman–Crippen LogP) is 3.11. The molecule has 1 aromatic heterocycles. The van der Waals surface area contributed by atoms with E-state index in [4.69, 9.17) is 0 Å². The Morgan fingerprint density at radius 3 is 2.39 bits per heavy atom. The molecule has 10 heteroatoms. The fourth-order valence-corrected chi connectivity index (χ4v) is 6.15. The van der Waals surface area contributed by atoms with Gasteiger partial charge in [0.1, 0.15) is 5.82 Å². The lowest BCUT2D eigenvalue weighted by molar-refractivity contribution is -0.139. The molecule has 2 aliphatic heterocycles. The van der Waals surface area contributed by atoms with Gasteiger partial charge in [-0.2, -0.15) is 4.31 Å². The summed E-state index contributed by atoms with van der Waals surface area (Å²) in [6.07, 6.45) is 1.67. The van der Waals surface area contributed by atoms with Crippen molar-refractivity contribution in [2.75, 3.05) is 44.2 Å². The Kier molecular flexibility index (Phi) is 5.84. The van der Waals surface area contributed by atoms with Crippen molar-refractivity contribution in [1.29, 1.82) is 0 Å². The van der Waals surface area contributed by atoms with Gasteiger partial charge in [-0.25, -0.2) is 12.8 Å². The summed E-state index contributed by atoms with van der Waals surface area (Å²) >= 11 is 3.31. The number of pyridine rings is 1. The first-order valence-electron chi connectivity index (χ1n) is 10.7. The van der Waals surface area contributed by atoms with Crippen LogP contribution in [0.15, 0.2) is 64.1 Å². The van der Waals surface area contributed by atoms with Crippen molar-refractivity contribution in [2.24, 2.45) is 5.92 Å². The molecule has 7 nitrogen and oxygen atoms in total. The molecular weight excluding hydrogens is 511 g/mol. The molecular formula is C23H22BrFN4O3S. The summed E-state index contributed by atoms with van der Waals surface area (Å²) < 4.78 is 41.2. The van der Waals surface area contributed by atoms with Crippen molar-refractivity contribution in [3.63, 3.8) is 0 Å². The summed E-state index contributed by atoms with van der Waals surface area (Å²) in [7, 11) is -3.58. The first kappa shape index (κ1) is 22.2. The number of amides is 1. The Hall–Kier alpha value is -2.56. The molecule has 2 fully saturated rings. The summed E-state index contributed by atoms with van der Waals surface area (Å²) in [5.74, 6) is -0.635. The van der Waals surface area contributed by atoms with Crippen LogP contribution in [0, 0.1) is 11.7 Å². The first-order valence-corrected chi connectivity index (χ1v) is 12.9. The van der Waals surface area contributed by atoms with Gasteiger partial charge in [-0.05, 0) is 42.5 Å². The molecule has 0 aliphatic carbocycles. The topological polar surface area (TPSA) is 73.8 Å². The van der Waals surface area contributed by atoms with E-state index >= 15 is 0 Å². The molecule has 5 rings (SSSR count). The molecule has 1 amide bonds. The molecule has 3 aromatic rings. The van der Waals surface area contributed by atoms with Gasteiger partial charge in [-0.1, -0.05) is 15.9 Å². The number of sulfonamides is 1. The highest BCUT2D eigenvalue weighted by atomic mass is 79.9. The van der Waals surface area contributed by atoms with E-state index in [1.165, 1.54) is 16.4 Å². The van der Waals surface area contributed by atoms with Crippen molar-refractivity contribution in [1.82, 2.24) is 14.2 Å². The highest BCUT2D eigenvalue weighted by molar-refractivity contribution is 9.10. The van der Waals surface area contributed by atoms with Crippen molar-refractivity contribution < 1.29 is 17.6 Å². The maximum Gasteiger partial charge on any atom is 0.243 e. The van der Waals surface area contributed by atoms with Gasteiger partial charge in [0.05, 0.1) is 16.3 Å². The number of fused-ring (bicyclic) bond motifs is 1. The number of nitrogens with zero attached hydrogens (tertiary/aromatic N) is 4. The van der Waals surface area contributed by atoms with Crippen LogP contribution in [-0.2, 0) is 14.8 Å². The Balaban J connectivity index is 1.20. The average molecular weight is 533 g/mol. The minimum atomic E-state index is -3.58. The van der Waals surface area contributed by atoms with Gasteiger partial charge < -0.3 is 9.80 Å². The minimum absolute atomic E-state index is 0.00133. The number of hydrogen-bond acceptors (Lipinski definition) is 5. The average Bonchev–Trinajstić information content (AvgIpc) is 2.77.